The number of benzene rings is 2. The Kier molecular flexibility index (Phi) is 4.87. The van der Waals surface area contributed by atoms with Crippen LogP contribution < -0.4 is 4.74 Å². The number of nitriles is 1. The van der Waals surface area contributed by atoms with Gasteiger partial charge in [0.15, 0.2) is 5.82 Å². The molecule has 25 heavy (non-hydrogen) atoms. The van der Waals surface area contributed by atoms with E-state index in [4.69, 9.17) is 9.73 Å². The van der Waals surface area contributed by atoms with E-state index in [0.29, 0.717) is 17.3 Å². The number of pyridine rings is 1. The molecule has 0 saturated carbocycles. The van der Waals surface area contributed by atoms with Gasteiger partial charge in [-0.3, -0.25) is 0 Å². The number of hydrogen-bond donors (Lipinski definition) is 0. The summed E-state index contributed by atoms with van der Waals surface area (Å²) in [6, 6.07) is 23.7. The molecule has 4 heteroatoms. The Labute approximate surface area is 147 Å². The molecule has 3 aromatic rings. The number of hydrogen-bond acceptors (Lipinski definition) is 4. The van der Waals surface area contributed by atoms with E-state index in [0.717, 1.165) is 22.4 Å². The van der Waals surface area contributed by atoms with Crippen molar-refractivity contribution in [3.8, 4) is 11.9 Å². The molecule has 2 aromatic carbocycles. The van der Waals surface area contributed by atoms with Crippen molar-refractivity contribution < 1.29 is 4.74 Å². The standard InChI is InChI=1S/C21H17N3O/c1-15-13-19(25-2)23-21(18(15)14-22)24-20(16-9-5-3-6-10-16)17-11-7-4-8-12-17/h3-13H,1-2H3. The Morgan fingerprint density at radius 3 is 2.04 bits per heavy atom. The lowest BCUT2D eigenvalue weighted by atomic mass is 10.0. The summed E-state index contributed by atoms with van der Waals surface area (Å²) in [5.41, 5.74) is 3.91. The fraction of sp³-hybridized carbons (Fsp3) is 0.0952. The molecule has 0 unspecified atom stereocenters. The van der Waals surface area contributed by atoms with Crippen molar-refractivity contribution in [2.24, 2.45) is 4.99 Å². The van der Waals surface area contributed by atoms with Gasteiger partial charge in [-0.05, 0) is 12.5 Å². The first-order valence-electron chi connectivity index (χ1n) is 7.88. The third-order valence-corrected chi connectivity index (χ3v) is 3.81. The molecule has 0 fully saturated rings. The van der Waals surface area contributed by atoms with E-state index in [1.54, 1.807) is 13.2 Å². The molecule has 1 heterocycles. The minimum absolute atomic E-state index is 0.363. The molecule has 3 rings (SSSR count). The van der Waals surface area contributed by atoms with Crippen LogP contribution in [-0.2, 0) is 0 Å². The summed E-state index contributed by atoms with van der Waals surface area (Å²) in [5, 5.41) is 9.52. The molecule has 0 aliphatic heterocycles. The van der Waals surface area contributed by atoms with Crippen LogP contribution in [0, 0.1) is 18.3 Å². The van der Waals surface area contributed by atoms with Crippen molar-refractivity contribution in [3.05, 3.63) is 89.0 Å². The molecule has 4 nitrogen and oxygen atoms in total. The van der Waals surface area contributed by atoms with Gasteiger partial charge in [-0.1, -0.05) is 60.7 Å². The van der Waals surface area contributed by atoms with Gasteiger partial charge >= 0.3 is 0 Å². The van der Waals surface area contributed by atoms with Crippen LogP contribution in [0.1, 0.15) is 22.3 Å². The molecule has 0 aliphatic rings. The number of aryl methyl sites for hydroxylation is 1. The van der Waals surface area contributed by atoms with Crippen LogP contribution in [0.15, 0.2) is 71.7 Å². The predicted octanol–water partition coefficient (Wildman–Crippen LogP) is 4.44. The Bertz CT molecular complexity index is 901. The summed E-state index contributed by atoms with van der Waals surface area (Å²) in [6.45, 7) is 1.85. The van der Waals surface area contributed by atoms with Crippen LogP contribution in [0.3, 0.4) is 0 Å². The van der Waals surface area contributed by atoms with Gasteiger partial charge in [0.25, 0.3) is 0 Å². The molecular formula is C21H17N3O. The van der Waals surface area contributed by atoms with Gasteiger partial charge in [-0.2, -0.15) is 10.2 Å². The summed E-state index contributed by atoms with van der Waals surface area (Å²) in [5.74, 6) is 0.803. The van der Waals surface area contributed by atoms with Gasteiger partial charge in [0, 0.05) is 17.2 Å². The monoisotopic (exact) mass is 327 g/mol. The fourth-order valence-electron chi connectivity index (χ4n) is 2.54. The SMILES string of the molecule is COc1cc(C)c(C#N)c(N=C(c2ccccc2)c2ccccc2)n1. The second kappa shape index (κ2) is 7.41. The zero-order valence-corrected chi connectivity index (χ0v) is 14.1. The minimum Gasteiger partial charge on any atom is -0.481 e. The summed E-state index contributed by atoms with van der Waals surface area (Å²) >= 11 is 0. The summed E-state index contributed by atoms with van der Waals surface area (Å²) < 4.78 is 5.24. The average Bonchev–Trinajstić information content (AvgIpc) is 2.67. The second-order valence-electron chi connectivity index (χ2n) is 5.48. The topological polar surface area (TPSA) is 58.3 Å². The largest absolute Gasteiger partial charge is 0.481 e. The summed E-state index contributed by atoms with van der Waals surface area (Å²) in [7, 11) is 1.55. The average molecular weight is 327 g/mol. The number of aromatic nitrogens is 1. The molecule has 0 atom stereocenters. The smallest absolute Gasteiger partial charge is 0.215 e. The first kappa shape index (κ1) is 16.4. The van der Waals surface area contributed by atoms with Crippen molar-refractivity contribution in [3.63, 3.8) is 0 Å². The lowest BCUT2D eigenvalue weighted by molar-refractivity contribution is 0.398. The Hall–Kier alpha value is -3.45. The van der Waals surface area contributed by atoms with Gasteiger partial charge in [0.1, 0.15) is 6.07 Å². The molecule has 122 valence electrons. The lowest BCUT2D eigenvalue weighted by Gasteiger charge is -2.10. The Balaban J connectivity index is 2.25. The minimum atomic E-state index is 0.363. The fourth-order valence-corrected chi connectivity index (χ4v) is 2.54. The maximum absolute atomic E-state index is 9.52. The molecule has 0 saturated heterocycles. The van der Waals surface area contributed by atoms with Crippen LogP contribution in [0.2, 0.25) is 0 Å². The Morgan fingerprint density at radius 2 is 1.56 bits per heavy atom. The number of ether oxygens (including phenoxy) is 1. The zero-order chi connectivity index (χ0) is 17.6. The van der Waals surface area contributed by atoms with Crippen LogP contribution >= 0.6 is 0 Å². The van der Waals surface area contributed by atoms with Crippen molar-refractivity contribution >= 4 is 11.5 Å². The Morgan fingerprint density at radius 1 is 1.00 bits per heavy atom. The first-order valence-corrected chi connectivity index (χ1v) is 7.88. The molecule has 0 spiro atoms. The third-order valence-electron chi connectivity index (χ3n) is 3.81. The number of methoxy groups -OCH3 is 1. The first-order chi connectivity index (χ1) is 12.2. The highest BCUT2D eigenvalue weighted by Gasteiger charge is 2.13. The van der Waals surface area contributed by atoms with Crippen molar-refractivity contribution in [2.75, 3.05) is 7.11 Å². The number of rotatable bonds is 4. The highest BCUT2D eigenvalue weighted by molar-refractivity contribution is 6.13. The van der Waals surface area contributed by atoms with E-state index >= 15 is 0 Å². The molecule has 0 aliphatic carbocycles. The second-order valence-corrected chi connectivity index (χ2v) is 5.48. The van der Waals surface area contributed by atoms with Crippen LogP contribution in [0.25, 0.3) is 0 Å². The highest BCUT2D eigenvalue weighted by atomic mass is 16.5. The molecule has 0 bridgehead atoms. The number of aliphatic imine (C=N–C) groups is 1. The normalized spacial score (nSPS) is 9.96. The van der Waals surface area contributed by atoms with Crippen LogP contribution in [-0.4, -0.2) is 17.8 Å². The van der Waals surface area contributed by atoms with E-state index in [1.807, 2.05) is 67.6 Å². The van der Waals surface area contributed by atoms with Crippen LogP contribution in [0.5, 0.6) is 5.88 Å². The van der Waals surface area contributed by atoms with Gasteiger partial charge < -0.3 is 4.74 Å². The summed E-state index contributed by atoms with van der Waals surface area (Å²) in [4.78, 5) is 9.12. The highest BCUT2D eigenvalue weighted by Crippen LogP contribution is 2.26. The molecule has 0 N–H and O–H groups in total. The van der Waals surface area contributed by atoms with Gasteiger partial charge in [0.2, 0.25) is 5.88 Å². The van der Waals surface area contributed by atoms with Crippen molar-refractivity contribution in [1.29, 1.82) is 5.26 Å². The van der Waals surface area contributed by atoms with Crippen LogP contribution in [0.4, 0.5) is 5.82 Å². The zero-order valence-electron chi connectivity index (χ0n) is 14.1. The van der Waals surface area contributed by atoms with Crippen molar-refractivity contribution in [2.45, 2.75) is 6.92 Å². The van der Waals surface area contributed by atoms with Crippen molar-refractivity contribution in [1.82, 2.24) is 4.98 Å². The molecule has 1 aromatic heterocycles. The predicted molar refractivity (Wildman–Crippen MR) is 98.4 cm³/mol. The van der Waals surface area contributed by atoms with E-state index in [9.17, 15) is 5.26 Å². The molecular weight excluding hydrogens is 310 g/mol. The van der Waals surface area contributed by atoms with Gasteiger partial charge in [0.05, 0.1) is 18.4 Å². The van der Waals surface area contributed by atoms with E-state index in [-0.39, 0.29) is 0 Å². The van der Waals surface area contributed by atoms with E-state index < -0.39 is 0 Å². The maximum atomic E-state index is 9.52. The molecule has 0 radical (unpaired) electrons. The van der Waals surface area contributed by atoms with Gasteiger partial charge in [-0.15, -0.1) is 0 Å². The van der Waals surface area contributed by atoms with Gasteiger partial charge in [-0.25, -0.2) is 4.99 Å². The van der Waals surface area contributed by atoms with E-state index in [1.165, 1.54) is 0 Å². The van der Waals surface area contributed by atoms with E-state index in [2.05, 4.69) is 11.1 Å². The molecule has 0 amide bonds. The summed E-state index contributed by atoms with van der Waals surface area (Å²) in [6.07, 6.45) is 0. The number of nitrogens with zero attached hydrogens (tertiary/aromatic N) is 3. The lowest BCUT2D eigenvalue weighted by Crippen LogP contribution is -2.04. The third kappa shape index (κ3) is 3.56. The maximum Gasteiger partial charge on any atom is 0.215 e. The quantitative estimate of drug-likeness (QED) is 0.666.